The topological polar surface area (TPSA) is 91.2 Å². The van der Waals surface area contributed by atoms with Gasteiger partial charge in [0.2, 0.25) is 5.91 Å². The van der Waals surface area contributed by atoms with Crippen LogP contribution in [0.25, 0.3) is 5.70 Å². The van der Waals surface area contributed by atoms with Crippen molar-refractivity contribution in [1.82, 2.24) is 10.6 Å². The van der Waals surface area contributed by atoms with E-state index >= 15 is 0 Å². The van der Waals surface area contributed by atoms with Crippen LogP contribution < -0.4 is 10.6 Å². The van der Waals surface area contributed by atoms with Crippen molar-refractivity contribution in [1.29, 1.82) is 5.26 Å². The molecule has 1 aliphatic rings. The molecule has 0 radical (unpaired) electrons. The molecule has 1 aliphatic heterocycles. The second-order valence-electron chi connectivity index (χ2n) is 8.39. The molecular formula is C25H27N3O3S2. The van der Waals surface area contributed by atoms with Gasteiger partial charge in [-0.15, -0.1) is 11.3 Å². The number of thiophene rings is 1. The smallest absolute Gasteiger partial charge is 0.337 e. The van der Waals surface area contributed by atoms with Gasteiger partial charge in [-0.2, -0.15) is 5.26 Å². The summed E-state index contributed by atoms with van der Waals surface area (Å²) in [6.45, 7) is 7.74. The third-order valence-electron chi connectivity index (χ3n) is 4.70. The normalized spacial score (nSPS) is 16.2. The van der Waals surface area contributed by atoms with Gasteiger partial charge in [0.1, 0.15) is 0 Å². The van der Waals surface area contributed by atoms with Crippen molar-refractivity contribution in [3.63, 3.8) is 0 Å². The molecule has 33 heavy (non-hydrogen) atoms. The molecule has 0 saturated carbocycles. The Hall–Kier alpha value is -3.02. The third-order valence-corrected chi connectivity index (χ3v) is 6.65. The van der Waals surface area contributed by atoms with E-state index in [1.165, 1.54) is 23.1 Å². The summed E-state index contributed by atoms with van der Waals surface area (Å²) >= 11 is 2.73. The van der Waals surface area contributed by atoms with Gasteiger partial charge < -0.3 is 15.4 Å². The van der Waals surface area contributed by atoms with Gasteiger partial charge in [-0.25, -0.2) is 4.79 Å². The lowest BCUT2D eigenvalue weighted by Crippen LogP contribution is -2.41. The number of dihydropyridines is 1. The molecule has 172 valence electrons. The van der Waals surface area contributed by atoms with E-state index in [0.717, 1.165) is 10.4 Å². The maximum Gasteiger partial charge on any atom is 0.337 e. The molecule has 3 rings (SSSR count). The summed E-state index contributed by atoms with van der Waals surface area (Å²) in [7, 11) is 0. The first-order chi connectivity index (χ1) is 15.7. The summed E-state index contributed by atoms with van der Waals surface area (Å²) in [6, 6.07) is 15.6. The van der Waals surface area contributed by atoms with Crippen LogP contribution in [0.2, 0.25) is 0 Å². The Kier molecular flexibility index (Phi) is 8.01. The summed E-state index contributed by atoms with van der Waals surface area (Å²) in [4.78, 5) is 26.5. The molecule has 0 unspecified atom stereocenters. The number of hydrogen-bond donors (Lipinski definition) is 2. The number of benzene rings is 1. The predicted octanol–water partition coefficient (Wildman–Crippen LogP) is 4.79. The zero-order valence-corrected chi connectivity index (χ0v) is 20.7. The maximum absolute atomic E-state index is 13.2. The molecule has 0 saturated heterocycles. The Labute approximate surface area is 202 Å². The van der Waals surface area contributed by atoms with Gasteiger partial charge in [-0.1, -0.05) is 48.2 Å². The summed E-state index contributed by atoms with van der Waals surface area (Å²) in [6.07, 6.45) is 0. The molecule has 8 heteroatoms. The third kappa shape index (κ3) is 6.06. The number of thioether (sulfide) groups is 1. The van der Waals surface area contributed by atoms with E-state index in [2.05, 4.69) is 16.7 Å². The van der Waals surface area contributed by atoms with Crippen molar-refractivity contribution in [2.24, 2.45) is 0 Å². The van der Waals surface area contributed by atoms with Gasteiger partial charge in [0, 0.05) is 10.4 Å². The van der Waals surface area contributed by atoms with Gasteiger partial charge in [-0.05, 0) is 44.7 Å². The fourth-order valence-corrected chi connectivity index (χ4v) is 5.17. The van der Waals surface area contributed by atoms with Crippen molar-refractivity contribution >= 4 is 40.7 Å². The fraction of sp³-hybridized carbons (Fsp3) is 0.320. The zero-order chi connectivity index (χ0) is 24.0. The first-order valence-electron chi connectivity index (χ1n) is 10.6. The summed E-state index contributed by atoms with van der Waals surface area (Å²) < 4.78 is 5.41. The minimum Gasteiger partial charge on any atom is -0.463 e. The van der Waals surface area contributed by atoms with Crippen LogP contribution in [0, 0.1) is 11.3 Å². The highest BCUT2D eigenvalue weighted by molar-refractivity contribution is 8.03. The first-order valence-corrected chi connectivity index (χ1v) is 12.5. The first kappa shape index (κ1) is 24.6. The Morgan fingerprint density at radius 1 is 1.21 bits per heavy atom. The van der Waals surface area contributed by atoms with E-state index in [4.69, 9.17) is 4.74 Å². The van der Waals surface area contributed by atoms with Gasteiger partial charge in [-0.3, -0.25) is 4.79 Å². The van der Waals surface area contributed by atoms with E-state index in [1.54, 1.807) is 6.92 Å². The largest absolute Gasteiger partial charge is 0.463 e. The Bertz CT molecular complexity index is 1110. The quantitative estimate of drug-likeness (QED) is 0.553. The number of rotatable bonds is 7. The van der Waals surface area contributed by atoms with Crippen molar-refractivity contribution in [2.45, 2.75) is 39.2 Å². The number of nitriles is 1. The highest BCUT2D eigenvalue weighted by atomic mass is 32.2. The monoisotopic (exact) mass is 481 g/mol. The molecule has 2 aromatic rings. The summed E-state index contributed by atoms with van der Waals surface area (Å²) in [5.74, 6) is -1.05. The highest BCUT2D eigenvalue weighted by Crippen LogP contribution is 2.44. The minimum atomic E-state index is -0.585. The van der Waals surface area contributed by atoms with E-state index in [9.17, 15) is 14.9 Å². The van der Waals surface area contributed by atoms with Crippen LogP contribution in [0.1, 0.15) is 44.1 Å². The van der Waals surface area contributed by atoms with Crippen LogP contribution >= 0.6 is 23.1 Å². The number of nitrogens with zero attached hydrogens (tertiary/aromatic N) is 1. The summed E-state index contributed by atoms with van der Waals surface area (Å²) in [5, 5.41) is 18.8. The molecule has 0 bridgehead atoms. The molecule has 0 spiro atoms. The summed E-state index contributed by atoms with van der Waals surface area (Å²) in [5.41, 5.74) is 1.83. The second kappa shape index (κ2) is 10.7. The van der Waals surface area contributed by atoms with Gasteiger partial charge in [0.15, 0.2) is 0 Å². The maximum atomic E-state index is 13.2. The number of esters is 1. The highest BCUT2D eigenvalue weighted by Gasteiger charge is 2.38. The van der Waals surface area contributed by atoms with Crippen molar-refractivity contribution in [3.05, 3.63) is 74.5 Å². The molecule has 0 aliphatic carbocycles. The molecule has 2 heterocycles. The molecular weight excluding hydrogens is 454 g/mol. The lowest BCUT2D eigenvalue weighted by Gasteiger charge is -2.30. The number of nitrogens with one attached hydrogen (secondary N) is 2. The van der Waals surface area contributed by atoms with Gasteiger partial charge in [0.25, 0.3) is 0 Å². The standard InChI is InChI=1S/C25H27N3O3S2/c1-5-31-24(30)21-20(18-12-9-13-32-18)17(14-26)23(33-15-19(29)28-25(2,3)4)27-22(21)16-10-7-6-8-11-16/h6-13,20,27H,5,15H2,1-4H3,(H,28,29)/t20-/m1/s1. The number of ether oxygens (including phenoxy) is 1. The number of allylic oxidation sites excluding steroid dienone is 1. The minimum absolute atomic E-state index is 0.131. The molecule has 0 fully saturated rings. The SMILES string of the molecule is CCOC(=O)C1=C(c2ccccc2)NC(SCC(=O)NC(C)(C)C)=C(C#N)[C@@H]1c1cccs1. The lowest BCUT2D eigenvalue weighted by atomic mass is 9.85. The molecule has 6 nitrogen and oxygen atoms in total. The fourth-order valence-electron chi connectivity index (χ4n) is 3.49. The van der Waals surface area contributed by atoms with Crippen molar-refractivity contribution in [2.75, 3.05) is 12.4 Å². The molecule has 1 aromatic heterocycles. The number of amides is 1. The van der Waals surface area contributed by atoms with Crippen LogP contribution in [0.5, 0.6) is 0 Å². The Morgan fingerprint density at radius 3 is 2.52 bits per heavy atom. The average Bonchev–Trinajstić information content (AvgIpc) is 3.30. The van der Waals surface area contributed by atoms with Gasteiger partial charge in [0.05, 0.1) is 46.2 Å². The van der Waals surface area contributed by atoms with Crippen molar-refractivity contribution in [3.8, 4) is 6.07 Å². The number of hydrogen-bond acceptors (Lipinski definition) is 7. The van der Waals surface area contributed by atoms with E-state index in [-0.39, 0.29) is 23.8 Å². The van der Waals surface area contributed by atoms with E-state index in [0.29, 0.717) is 21.9 Å². The van der Waals surface area contributed by atoms with E-state index in [1.807, 2.05) is 68.6 Å². The van der Waals surface area contributed by atoms with Crippen LogP contribution in [0.3, 0.4) is 0 Å². The van der Waals surface area contributed by atoms with E-state index < -0.39 is 11.9 Å². The molecule has 1 aromatic carbocycles. The predicted molar refractivity (Wildman–Crippen MR) is 133 cm³/mol. The van der Waals surface area contributed by atoms with Crippen molar-refractivity contribution < 1.29 is 14.3 Å². The lowest BCUT2D eigenvalue weighted by molar-refractivity contribution is -0.138. The van der Waals surface area contributed by atoms with Crippen LogP contribution in [0.15, 0.2) is 64.0 Å². The van der Waals surface area contributed by atoms with Crippen LogP contribution in [0.4, 0.5) is 0 Å². The van der Waals surface area contributed by atoms with Crippen LogP contribution in [-0.4, -0.2) is 29.8 Å². The Balaban J connectivity index is 2.10. The molecule has 1 amide bonds. The second-order valence-corrected chi connectivity index (χ2v) is 10.4. The number of carbonyl (C=O) groups is 2. The molecule has 2 N–H and O–H groups in total. The molecule has 1 atom stereocenters. The Morgan fingerprint density at radius 2 is 1.94 bits per heavy atom. The van der Waals surface area contributed by atoms with Crippen LogP contribution in [-0.2, 0) is 14.3 Å². The van der Waals surface area contributed by atoms with Gasteiger partial charge >= 0.3 is 5.97 Å². The average molecular weight is 482 g/mol. The zero-order valence-electron chi connectivity index (χ0n) is 19.1. The number of carbonyl (C=O) groups excluding carboxylic acids is 2.